The third kappa shape index (κ3) is 5.15. The summed E-state index contributed by atoms with van der Waals surface area (Å²) in [4.78, 5) is 27.7. The van der Waals surface area contributed by atoms with Gasteiger partial charge in [0.05, 0.1) is 11.4 Å². The number of anilines is 1. The van der Waals surface area contributed by atoms with Crippen LogP contribution < -0.4 is 5.32 Å². The van der Waals surface area contributed by atoms with Crippen LogP contribution >= 0.6 is 11.3 Å². The highest BCUT2D eigenvalue weighted by Crippen LogP contribution is 2.32. The molecule has 0 bridgehead atoms. The molecule has 1 atom stereocenters. The van der Waals surface area contributed by atoms with E-state index in [9.17, 15) is 14.0 Å². The number of aryl methyl sites for hydroxylation is 3. The molecule has 8 heteroatoms. The first kappa shape index (κ1) is 24.4. The molecule has 2 heterocycles. The molecule has 5 rings (SSSR count). The number of ether oxygens (including phenoxy) is 1. The van der Waals surface area contributed by atoms with E-state index in [0.29, 0.717) is 21.8 Å². The van der Waals surface area contributed by atoms with E-state index in [1.807, 2.05) is 45.0 Å². The van der Waals surface area contributed by atoms with Crippen molar-refractivity contribution >= 4 is 39.1 Å². The maximum absolute atomic E-state index is 13.4. The summed E-state index contributed by atoms with van der Waals surface area (Å²) in [5, 5.41) is 8.21. The first-order valence-electron chi connectivity index (χ1n) is 11.7. The summed E-state index contributed by atoms with van der Waals surface area (Å²) >= 11 is 1.21. The van der Waals surface area contributed by atoms with Crippen LogP contribution in [0.5, 0.6) is 0 Å². The molecule has 1 N–H and O–H groups in total. The smallest absolute Gasteiger partial charge is 0.349 e. The van der Waals surface area contributed by atoms with Gasteiger partial charge in [-0.2, -0.15) is 5.10 Å². The van der Waals surface area contributed by atoms with Gasteiger partial charge in [0.1, 0.15) is 15.5 Å². The van der Waals surface area contributed by atoms with E-state index in [-0.39, 0.29) is 5.82 Å². The number of thiophene rings is 1. The Morgan fingerprint density at radius 1 is 0.946 bits per heavy atom. The van der Waals surface area contributed by atoms with E-state index in [1.165, 1.54) is 23.5 Å². The number of hydrogen-bond donors (Lipinski definition) is 1. The summed E-state index contributed by atoms with van der Waals surface area (Å²) in [6, 6.07) is 22.4. The quantitative estimate of drug-likeness (QED) is 0.257. The fraction of sp³-hybridized carbons (Fsp3) is 0.138. The molecule has 37 heavy (non-hydrogen) atoms. The van der Waals surface area contributed by atoms with Gasteiger partial charge in [0.15, 0.2) is 0 Å². The molecule has 2 aromatic heterocycles. The molecule has 1 unspecified atom stereocenters. The molecular formula is C29H24FN3O3S. The maximum Gasteiger partial charge on any atom is 0.349 e. The number of carbonyl (C=O) groups is 2. The van der Waals surface area contributed by atoms with E-state index in [2.05, 4.69) is 10.4 Å². The first-order chi connectivity index (χ1) is 17.8. The van der Waals surface area contributed by atoms with Crippen molar-refractivity contribution in [2.75, 3.05) is 5.32 Å². The van der Waals surface area contributed by atoms with Crippen molar-refractivity contribution < 1.29 is 18.7 Å². The Hall–Kier alpha value is -4.30. The van der Waals surface area contributed by atoms with Gasteiger partial charge in [-0.05, 0) is 74.4 Å². The largest absolute Gasteiger partial charge is 0.443 e. The third-order valence-corrected chi connectivity index (χ3v) is 6.96. The Morgan fingerprint density at radius 3 is 2.30 bits per heavy atom. The van der Waals surface area contributed by atoms with Gasteiger partial charge < -0.3 is 10.1 Å². The Labute approximate surface area is 217 Å². The first-order valence-corrected chi connectivity index (χ1v) is 12.5. The number of halogens is 1. The zero-order valence-corrected chi connectivity index (χ0v) is 21.3. The monoisotopic (exact) mass is 513 g/mol. The molecule has 0 spiro atoms. The number of amides is 1. The van der Waals surface area contributed by atoms with Crippen molar-refractivity contribution in [1.82, 2.24) is 9.78 Å². The zero-order chi connectivity index (χ0) is 26.1. The van der Waals surface area contributed by atoms with Crippen molar-refractivity contribution in [2.45, 2.75) is 26.9 Å². The molecule has 1 amide bonds. The van der Waals surface area contributed by atoms with Crippen molar-refractivity contribution in [2.24, 2.45) is 0 Å². The number of aromatic nitrogens is 2. The molecule has 5 aromatic rings. The van der Waals surface area contributed by atoms with E-state index < -0.39 is 18.0 Å². The average molecular weight is 514 g/mol. The van der Waals surface area contributed by atoms with Crippen molar-refractivity contribution in [3.05, 3.63) is 112 Å². The van der Waals surface area contributed by atoms with Crippen LogP contribution in [0.2, 0.25) is 0 Å². The Bertz CT molecular complexity index is 1590. The number of benzene rings is 3. The minimum absolute atomic E-state index is 0.339. The van der Waals surface area contributed by atoms with Gasteiger partial charge in [-0.3, -0.25) is 4.79 Å². The van der Waals surface area contributed by atoms with Crippen LogP contribution in [0, 0.1) is 26.6 Å². The average Bonchev–Trinajstić information content (AvgIpc) is 3.43. The summed E-state index contributed by atoms with van der Waals surface area (Å²) in [7, 11) is 0. The molecule has 0 aliphatic carbocycles. The van der Waals surface area contributed by atoms with Gasteiger partial charge in [-0.25, -0.2) is 13.9 Å². The summed E-state index contributed by atoms with van der Waals surface area (Å²) in [5.74, 6) is -1.40. The SMILES string of the molecule is Cc1cc(C)cc(NC(=O)C(OC(=O)c2cc3c(C)nn(-c4ccc(F)cc4)c3s2)c2ccccc2)c1. The normalized spacial score (nSPS) is 11.9. The van der Waals surface area contributed by atoms with Crippen molar-refractivity contribution in [3.63, 3.8) is 0 Å². The van der Waals surface area contributed by atoms with Crippen LogP contribution in [0.25, 0.3) is 15.9 Å². The summed E-state index contributed by atoms with van der Waals surface area (Å²) < 4.78 is 20.9. The molecule has 0 aliphatic rings. The van der Waals surface area contributed by atoms with E-state index in [4.69, 9.17) is 4.74 Å². The Kier molecular flexibility index (Phi) is 6.58. The van der Waals surface area contributed by atoms with Gasteiger partial charge in [0, 0.05) is 16.6 Å². The van der Waals surface area contributed by atoms with Crippen LogP contribution in [0.3, 0.4) is 0 Å². The minimum Gasteiger partial charge on any atom is -0.443 e. The number of fused-ring (bicyclic) bond motifs is 1. The lowest BCUT2D eigenvalue weighted by atomic mass is 10.1. The highest BCUT2D eigenvalue weighted by molar-refractivity contribution is 7.20. The standard InChI is InChI=1S/C29H24FN3O3S/c1-17-13-18(2)15-22(14-17)31-27(34)26(20-7-5-4-6-8-20)36-29(35)25-16-24-19(3)32-33(28(24)37-25)23-11-9-21(30)10-12-23/h4-16,26H,1-3H3,(H,31,34). The maximum atomic E-state index is 13.4. The summed E-state index contributed by atoms with van der Waals surface area (Å²) in [5.41, 5.74) is 4.63. The lowest BCUT2D eigenvalue weighted by Crippen LogP contribution is -2.25. The van der Waals surface area contributed by atoms with Gasteiger partial charge in [-0.1, -0.05) is 36.4 Å². The van der Waals surface area contributed by atoms with Crippen molar-refractivity contribution in [3.8, 4) is 5.69 Å². The number of nitrogens with zero attached hydrogens (tertiary/aromatic N) is 2. The molecule has 0 saturated heterocycles. The number of hydrogen-bond acceptors (Lipinski definition) is 5. The van der Waals surface area contributed by atoms with Gasteiger partial charge in [0.25, 0.3) is 5.91 Å². The van der Waals surface area contributed by atoms with E-state index >= 15 is 0 Å². The van der Waals surface area contributed by atoms with Gasteiger partial charge >= 0.3 is 5.97 Å². The predicted octanol–water partition coefficient (Wildman–Crippen LogP) is 6.69. The van der Waals surface area contributed by atoms with Crippen LogP contribution in [-0.2, 0) is 9.53 Å². The van der Waals surface area contributed by atoms with Crippen LogP contribution in [0.15, 0.2) is 78.9 Å². The molecular weight excluding hydrogens is 489 g/mol. The molecule has 186 valence electrons. The molecule has 0 aliphatic heterocycles. The summed E-state index contributed by atoms with van der Waals surface area (Å²) in [6.45, 7) is 5.75. The number of carbonyl (C=O) groups excluding carboxylic acids is 2. The highest BCUT2D eigenvalue weighted by Gasteiger charge is 2.27. The highest BCUT2D eigenvalue weighted by atomic mass is 32.1. The minimum atomic E-state index is -1.14. The fourth-order valence-electron chi connectivity index (χ4n) is 4.23. The number of rotatable bonds is 6. The molecule has 0 radical (unpaired) electrons. The lowest BCUT2D eigenvalue weighted by Gasteiger charge is -2.18. The van der Waals surface area contributed by atoms with E-state index in [0.717, 1.165) is 27.0 Å². The molecule has 3 aromatic carbocycles. The number of nitrogens with one attached hydrogen (secondary N) is 1. The second kappa shape index (κ2) is 9.99. The lowest BCUT2D eigenvalue weighted by molar-refractivity contribution is -0.125. The van der Waals surface area contributed by atoms with E-state index in [1.54, 1.807) is 47.1 Å². The van der Waals surface area contributed by atoms with Crippen LogP contribution in [-0.4, -0.2) is 21.7 Å². The second-order valence-corrected chi connectivity index (χ2v) is 9.90. The van der Waals surface area contributed by atoms with Crippen molar-refractivity contribution in [1.29, 1.82) is 0 Å². The Balaban J connectivity index is 1.45. The molecule has 0 fully saturated rings. The second-order valence-electron chi connectivity index (χ2n) is 8.86. The van der Waals surface area contributed by atoms with Crippen LogP contribution in [0.4, 0.5) is 10.1 Å². The Morgan fingerprint density at radius 2 is 1.62 bits per heavy atom. The molecule has 0 saturated carbocycles. The molecule has 6 nitrogen and oxygen atoms in total. The predicted molar refractivity (Wildman–Crippen MR) is 143 cm³/mol. The fourth-order valence-corrected chi connectivity index (χ4v) is 5.29. The number of esters is 1. The van der Waals surface area contributed by atoms with Crippen LogP contribution in [0.1, 0.15) is 38.2 Å². The van der Waals surface area contributed by atoms with Gasteiger partial charge in [0.2, 0.25) is 6.10 Å². The topological polar surface area (TPSA) is 73.2 Å². The van der Waals surface area contributed by atoms with Gasteiger partial charge in [-0.15, -0.1) is 11.3 Å². The summed E-state index contributed by atoms with van der Waals surface area (Å²) in [6.07, 6.45) is -1.14. The third-order valence-electron chi connectivity index (χ3n) is 5.87. The zero-order valence-electron chi connectivity index (χ0n) is 20.5.